The first-order valence-corrected chi connectivity index (χ1v) is 5.46. The van der Waals surface area contributed by atoms with Crippen molar-refractivity contribution in [3.63, 3.8) is 0 Å². The van der Waals surface area contributed by atoms with E-state index in [9.17, 15) is 4.79 Å². The summed E-state index contributed by atoms with van der Waals surface area (Å²) in [6.07, 6.45) is 5.33. The summed E-state index contributed by atoms with van der Waals surface area (Å²) in [4.78, 5) is 15.2. The minimum absolute atomic E-state index is 0.0572. The number of rotatable bonds is 6. The molecule has 5 heteroatoms. The van der Waals surface area contributed by atoms with E-state index in [0.29, 0.717) is 0 Å². The van der Waals surface area contributed by atoms with Crippen LogP contribution < -0.4 is 5.32 Å². The van der Waals surface area contributed by atoms with E-state index in [4.69, 9.17) is 4.74 Å². The van der Waals surface area contributed by atoms with Crippen LogP contribution in [0.2, 0.25) is 0 Å². The number of hydrogen-bond donors (Lipinski definition) is 1. The van der Waals surface area contributed by atoms with Crippen LogP contribution in [0.4, 0.5) is 0 Å². The standard InChI is InChI=1S/C11H19N3O2/c1-9(2)16-11(15)6-13-10(3)7-14-5-4-12-8-14/h4-5,8-10,13H,6-7H2,1-3H3. The van der Waals surface area contributed by atoms with E-state index in [2.05, 4.69) is 10.3 Å². The van der Waals surface area contributed by atoms with Gasteiger partial charge in [-0.05, 0) is 20.8 Å². The Labute approximate surface area is 95.8 Å². The number of carbonyl (C=O) groups is 1. The van der Waals surface area contributed by atoms with Crippen LogP contribution in [-0.2, 0) is 16.1 Å². The van der Waals surface area contributed by atoms with E-state index in [1.54, 1.807) is 12.5 Å². The van der Waals surface area contributed by atoms with Crippen molar-refractivity contribution in [2.45, 2.75) is 39.5 Å². The van der Waals surface area contributed by atoms with Crippen LogP contribution in [0, 0.1) is 0 Å². The first-order valence-electron chi connectivity index (χ1n) is 5.46. The van der Waals surface area contributed by atoms with Gasteiger partial charge in [-0.25, -0.2) is 4.98 Å². The molecule has 16 heavy (non-hydrogen) atoms. The number of carbonyl (C=O) groups excluding carboxylic acids is 1. The zero-order chi connectivity index (χ0) is 12.0. The Kier molecular flexibility index (Phi) is 4.98. The lowest BCUT2D eigenvalue weighted by atomic mass is 10.3. The fourth-order valence-electron chi connectivity index (χ4n) is 1.34. The Bertz CT molecular complexity index is 309. The number of nitrogens with zero attached hydrogens (tertiary/aromatic N) is 2. The second-order valence-corrected chi connectivity index (χ2v) is 4.08. The van der Waals surface area contributed by atoms with Crippen molar-refractivity contribution >= 4 is 5.97 Å². The van der Waals surface area contributed by atoms with Crippen molar-refractivity contribution in [2.75, 3.05) is 6.54 Å². The molecule has 0 aliphatic heterocycles. The lowest BCUT2D eigenvalue weighted by molar-refractivity contribution is -0.146. The van der Waals surface area contributed by atoms with E-state index < -0.39 is 0 Å². The fourth-order valence-corrected chi connectivity index (χ4v) is 1.34. The molecule has 1 N–H and O–H groups in total. The van der Waals surface area contributed by atoms with E-state index >= 15 is 0 Å². The predicted octanol–water partition coefficient (Wildman–Crippen LogP) is 0.813. The quantitative estimate of drug-likeness (QED) is 0.728. The maximum Gasteiger partial charge on any atom is 0.320 e. The topological polar surface area (TPSA) is 56.2 Å². The highest BCUT2D eigenvalue weighted by molar-refractivity contribution is 5.71. The van der Waals surface area contributed by atoms with Gasteiger partial charge in [0.1, 0.15) is 0 Å². The summed E-state index contributed by atoms with van der Waals surface area (Å²) in [5, 5.41) is 3.10. The number of aromatic nitrogens is 2. The zero-order valence-corrected chi connectivity index (χ0v) is 10.0. The fraction of sp³-hybridized carbons (Fsp3) is 0.636. The van der Waals surface area contributed by atoms with Crippen LogP contribution >= 0.6 is 0 Å². The van der Waals surface area contributed by atoms with Crippen LogP contribution in [0.1, 0.15) is 20.8 Å². The van der Waals surface area contributed by atoms with Gasteiger partial charge in [0, 0.05) is 25.0 Å². The van der Waals surface area contributed by atoms with Gasteiger partial charge in [-0.3, -0.25) is 4.79 Å². The minimum Gasteiger partial charge on any atom is -0.462 e. The van der Waals surface area contributed by atoms with Crippen molar-refractivity contribution in [3.8, 4) is 0 Å². The molecule has 0 bridgehead atoms. The molecule has 1 aromatic rings. The number of ether oxygens (including phenoxy) is 1. The minimum atomic E-state index is -0.215. The molecule has 1 atom stereocenters. The molecular weight excluding hydrogens is 206 g/mol. The molecule has 0 saturated heterocycles. The van der Waals surface area contributed by atoms with Crippen molar-refractivity contribution < 1.29 is 9.53 Å². The van der Waals surface area contributed by atoms with Gasteiger partial charge in [0.15, 0.2) is 0 Å². The zero-order valence-electron chi connectivity index (χ0n) is 10.0. The Morgan fingerprint density at radius 1 is 1.50 bits per heavy atom. The van der Waals surface area contributed by atoms with Crippen LogP contribution in [0.5, 0.6) is 0 Å². The molecule has 90 valence electrons. The lowest BCUT2D eigenvalue weighted by Crippen LogP contribution is -2.35. The third-order valence-corrected chi connectivity index (χ3v) is 2.01. The number of hydrogen-bond acceptors (Lipinski definition) is 4. The van der Waals surface area contributed by atoms with E-state index in [1.165, 1.54) is 0 Å². The summed E-state index contributed by atoms with van der Waals surface area (Å²) in [6.45, 7) is 6.73. The molecule has 5 nitrogen and oxygen atoms in total. The molecule has 0 saturated carbocycles. The average molecular weight is 225 g/mol. The molecule has 1 rings (SSSR count). The molecule has 0 aromatic carbocycles. The summed E-state index contributed by atoms with van der Waals surface area (Å²) in [5.41, 5.74) is 0. The first-order chi connectivity index (χ1) is 7.58. The summed E-state index contributed by atoms with van der Waals surface area (Å²) in [6, 6.07) is 0.203. The summed E-state index contributed by atoms with van der Waals surface area (Å²) >= 11 is 0. The molecule has 1 aromatic heterocycles. The molecule has 0 fully saturated rings. The van der Waals surface area contributed by atoms with Crippen molar-refractivity contribution in [1.29, 1.82) is 0 Å². The van der Waals surface area contributed by atoms with Gasteiger partial charge < -0.3 is 14.6 Å². The van der Waals surface area contributed by atoms with Gasteiger partial charge in [0.2, 0.25) is 0 Å². The van der Waals surface area contributed by atoms with Crippen LogP contribution in [-0.4, -0.2) is 34.2 Å². The largest absolute Gasteiger partial charge is 0.462 e. The van der Waals surface area contributed by atoms with Gasteiger partial charge in [0.25, 0.3) is 0 Å². The highest BCUT2D eigenvalue weighted by atomic mass is 16.5. The molecule has 0 aliphatic rings. The van der Waals surface area contributed by atoms with Gasteiger partial charge >= 0.3 is 5.97 Å². The second kappa shape index (κ2) is 6.27. The van der Waals surface area contributed by atoms with E-state index in [1.807, 2.05) is 31.5 Å². The first kappa shape index (κ1) is 12.7. The summed E-state index contributed by atoms with van der Waals surface area (Å²) in [5.74, 6) is -0.215. The van der Waals surface area contributed by atoms with Crippen LogP contribution in [0.3, 0.4) is 0 Å². The predicted molar refractivity (Wildman–Crippen MR) is 60.9 cm³/mol. The van der Waals surface area contributed by atoms with Crippen LogP contribution in [0.15, 0.2) is 18.7 Å². The number of nitrogens with one attached hydrogen (secondary N) is 1. The monoisotopic (exact) mass is 225 g/mol. The van der Waals surface area contributed by atoms with Crippen LogP contribution in [0.25, 0.3) is 0 Å². The Morgan fingerprint density at radius 3 is 2.81 bits per heavy atom. The Morgan fingerprint density at radius 2 is 2.25 bits per heavy atom. The number of imidazole rings is 1. The van der Waals surface area contributed by atoms with E-state index in [-0.39, 0.29) is 24.7 Å². The third kappa shape index (κ3) is 4.93. The second-order valence-electron chi connectivity index (χ2n) is 4.08. The molecular formula is C11H19N3O2. The van der Waals surface area contributed by atoms with E-state index in [0.717, 1.165) is 6.54 Å². The molecule has 0 aliphatic carbocycles. The normalized spacial score (nSPS) is 12.8. The van der Waals surface area contributed by atoms with Crippen molar-refractivity contribution in [2.24, 2.45) is 0 Å². The Balaban J connectivity index is 2.20. The SMILES string of the molecule is CC(Cn1ccnc1)NCC(=O)OC(C)C. The Hall–Kier alpha value is -1.36. The summed E-state index contributed by atoms with van der Waals surface area (Å²) in [7, 11) is 0. The van der Waals surface area contributed by atoms with Crippen molar-refractivity contribution in [1.82, 2.24) is 14.9 Å². The maximum atomic E-state index is 11.3. The highest BCUT2D eigenvalue weighted by Crippen LogP contribution is 1.92. The highest BCUT2D eigenvalue weighted by Gasteiger charge is 2.08. The third-order valence-electron chi connectivity index (χ3n) is 2.01. The smallest absolute Gasteiger partial charge is 0.320 e. The molecule has 1 unspecified atom stereocenters. The molecule has 0 amide bonds. The summed E-state index contributed by atoms with van der Waals surface area (Å²) < 4.78 is 6.98. The van der Waals surface area contributed by atoms with Gasteiger partial charge in [-0.1, -0.05) is 0 Å². The van der Waals surface area contributed by atoms with Crippen molar-refractivity contribution in [3.05, 3.63) is 18.7 Å². The molecule has 0 radical (unpaired) electrons. The lowest BCUT2D eigenvalue weighted by Gasteiger charge is -2.14. The van der Waals surface area contributed by atoms with Gasteiger partial charge in [-0.15, -0.1) is 0 Å². The maximum absolute atomic E-state index is 11.3. The van der Waals surface area contributed by atoms with Gasteiger partial charge in [-0.2, -0.15) is 0 Å². The van der Waals surface area contributed by atoms with Gasteiger partial charge in [0.05, 0.1) is 19.0 Å². The number of esters is 1. The average Bonchev–Trinajstić information content (AvgIpc) is 2.66. The molecule has 0 spiro atoms. The molecule has 1 heterocycles.